The largest absolute Gasteiger partial charge is 0.470 e. The topological polar surface area (TPSA) is 80.4 Å². The Balaban J connectivity index is 1.41. The van der Waals surface area contributed by atoms with Crippen molar-refractivity contribution in [2.45, 2.75) is 39.5 Å². The molecule has 7 heteroatoms. The lowest BCUT2D eigenvalue weighted by molar-refractivity contribution is 0.279. The predicted octanol–water partition coefficient (Wildman–Crippen LogP) is 2.98. The Kier molecular flexibility index (Phi) is 5.53. The zero-order chi connectivity index (χ0) is 22.2. The van der Waals surface area contributed by atoms with Crippen molar-refractivity contribution >= 4 is 5.82 Å². The number of hydrogen-bond donors (Lipinski definition) is 1. The van der Waals surface area contributed by atoms with Crippen LogP contribution < -0.4 is 10.5 Å². The third-order valence-corrected chi connectivity index (χ3v) is 6.58. The molecule has 166 valence electrons. The fraction of sp³-hybridized carbons (Fsp3) is 0.400. The molecule has 0 radical (unpaired) electrons. The van der Waals surface area contributed by atoms with Gasteiger partial charge in [0.25, 0.3) is 5.88 Å². The van der Waals surface area contributed by atoms with Gasteiger partial charge in [-0.05, 0) is 73.5 Å². The first-order valence-electron chi connectivity index (χ1n) is 11.2. The van der Waals surface area contributed by atoms with Crippen LogP contribution in [0.15, 0.2) is 30.6 Å². The van der Waals surface area contributed by atoms with Gasteiger partial charge in [0, 0.05) is 50.1 Å². The molecule has 4 heterocycles. The number of nitrogens with zero attached hydrogens (tertiary/aromatic N) is 5. The number of pyridine rings is 1. The van der Waals surface area contributed by atoms with Crippen LogP contribution in [0, 0.1) is 6.92 Å². The fourth-order valence-corrected chi connectivity index (χ4v) is 4.75. The lowest BCUT2D eigenvalue weighted by Crippen LogP contribution is -2.28. The van der Waals surface area contributed by atoms with Gasteiger partial charge >= 0.3 is 0 Å². The predicted molar refractivity (Wildman–Crippen MR) is 125 cm³/mol. The van der Waals surface area contributed by atoms with Gasteiger partial charge in [-0.25, -0.2) is 9.97 Å². The molecule has 0 atom stereocenters. The summed E-state index contributed by atoms with van der Waals surface area (Å²) < 4.78 is 6.09. The second-order valence-electron chi connectivity index (χ2n) is 9.04. The lowest BCUT2D eigenvalue weighted by atomic mass is 9.92. The van der Waals surface area contributed by atoms with Gasteiger partial charge in [-0.3, -0.25) is 4.98 Å². The summed E-state index contributed by atoms with van der Waals surface area (Å²) in [5.74, 6) is 0.688. The van der Waals surface area contributed by atoms with Crippen LogP contribution in [0.1, 0.15) is 33.5 Å². The number of fused-ring (bicyclic) bond motifs is 2. The summed E-state index contributed by atoms with van der Waals surface area (Å²) in [6, 6.07) is 6.45. The molecule has 5 rings (SSSR count). The molecule has 7 nitrogen and oxygen atoms in total. The van der Waals surface area contributed by atoms with Crippen LogP contribution in [0.25, 0.3) is 11.3 Å². The molecular weight excluding hydrogens is 400 g/mol. The minimum Gasteiger partial charge on any atom is -0.470 e. The lowest BCUT2D eigenvalue weighted by Gasteiger charge is -2.27. The molecule has 0 amide bonds. The van der Waals surface area contributed by atoms with E-state index in [9.17, 15) is 0 Å². The van der Waals surface area contributed by atoms with Gasteiger partial charge in [0.05, 0.1) is 11.9 Å². The number of ether oxygens (including phenoxy) is 1. The average Bonchev–Trinajstić information content (AvgIpc) is 2.78. The Labute approximate surface area is 189 Å². The number of benzene rings is 1. The first kappa shape index (κ1) is 20.8. The summed E-state index contributed by atoms with van der Waals surface area (Å²) in [7, 11) is 4.29. The molecule has 0 aliphatic carbocycles. The summed E-state index contributed by atoms with van der Waals surface area (Å²) in [4.78, 5) is 18.3. The first-order chi connectivity index (χ1) is 15.5. The van der Waals surface area contributed by atoms with E-state index in [0.717, 1.165) is 61.5 Å². The molecule has 0 saturated carbocycles. The van der Waals surface area contributed by atoms with Gasteiger partial charge in [0.2, 0.25) is 0 Å². The van der Waals surface area contributed by atoms with E-state index in [4.69, 9.17) is 15.5 Å². The van der Waals surface area contributed by atoms with Crippen molar-refractivity contribution in [3.63, 3.8) is 0 Å². The number of anilines is 1. The number of rotatable bonds is 4. The standard InChI is InChI=1S/C25H30N6O/c1-16-10-18(11-19-13-30(2)8-5-20(16)19)23-12-28-24(26)25(29-23)32-15-17-4-7-27-22-6-9-31(3)14-21(17)22/h4,7,10-12H,5-6,8-9,13-15H2,1-3H3,(H2,26,28). The van der Waals surface area contributed by atoms with Crippen molar-refractivity contribution < 1.29 is 4.74 Å². The first-order valence-corrected chi connectivity index (χ1v) is 11.2. The number of nitrogen functional groups attached to an aromatic ring is 1. The van der Waals surface area contributed by atoms with Crippen molar-refractivity contribution in [3.8, 4) is 17.1 Å². The van der Waals surface area contributed by atoms with E-state index in [1.807, 2.05) is 12.3 Å². The van der Waals surface area contributed by atoms with Crippen LogP contribution in [0.2, 0.25) is 0 Å². The van der Waals surface area contributed by atoms with Crippen molar-refractivity contribution in [3.05, 3.63) is 64.1 Å². The maximum absolute atomic E-state index is 6.12. The van der Waals surface area contributed by atoms with E-state index in [2.05, 4.69) is 52.9 Å². The van der Waals surface area contributed by atoms with E-state index in [0.29, 0.717) is 18.3 Å². The van der Waals surface area contributed by atoms with Crippen LogP contribution in [-0.2, 0) is 32.5 Å². The van der Waals surface area contributed by atoms with Gasteiger partial charge < -0.3 is 20.3 Å². The molecule has 1 aromatic carbocycles. The summed E-state index contributed by atoms with van der Waals surface area (Å²) in [5.41, 5.74) is 15.6. The second kappa shape index (κ2) is 8.48. The molecule has 2 aliphatic heterocycles. The third-order valence-electron chi connectivity index (χ3n) is 6.58. The fourth-order valence-electron chi connectivity index (χ4n) is 4.75. The van der Waals surface area contributed by atoms with E-state index in [1.54, 1.807) is 6.20 Å². The average molecular weight is 431 g/mol. The van der Waals surface area contributed by atoms with Crippen LogP contribution in [0.3, 0.4) is 0 Å². The molecule has 0 spiro atoms. The third kappa shape index (κ3) is 4.06. The minimum absolute atomic E-state index is 0.309. The number of aromatic nitrogens is 3. The van der Waals surface area contributed by atoms with E-state index < -0.39 is 0 Å². The summed E-state index contributed by atoms with van der Waals surface area (Å²) in [6.07, 6.45) is 5.65. The maximum Gasteiger partial charge on any atom is 0.258 e. The molecule has 32 heavy (non-hydrogen) atoms. The quantitative estimate of drug-likeness (QED) is 0.681. The van der Waals surface area contributed by atoms with E-state index in [1.165, 1.54) is 22.3 Å². The molecule has 0 bridgehead atoms. The Morgan fingerprint density at radius 2 is 1.84 bits per heavy atom. The van der Waals surface area contributed by atoms with Crippen LogP contribution in [0.5, 0.6) is 5.88 Å². The van der Waals surface area contributed by atoms with Crippen LogP contribution in [-0.4, -0.2) is 51.9 Å². The van der Waals surface area contributed by atoms with Gasteiger partial charge in [-0.2, -0.15) is 0 Å². The Bertz CT molecular complexity index is 1160. The van der Waals surface area contributed by atoms with E-state index in [-0.39, 0.29) is 0 Å². The van der Waals surface area contributed by atoms with Gasteiger partial charge in [-0.15, -0.1) is 0 Å². The van der Waals surface area contributed by atoms with Crippen molar-refractivity contribution in [2.75, 3.05) is 32.9 Å². The number of nitrogens with two attached hydrogens (primary N) is 1. The smallest absolute Gasteiger partial charge is 0.258 e. The van der Waals surface area contributed by atoms with Crippen molar-refractivity contribution in [2.24, 2.45) is 0 Å². The molecule has 2 aromatic heterocycles. The molecule has 2 N–H and O–H groups in total. The summed E-state index contributed by atoms with van der Waals surface area (Å²) >= 11 is 0. The summed E-state index contributed by atoms with van der Waals surface area (Å²) in [5, 5.41) is 0. The molecule has 0 saturated heterocycles. The Hall–Kier alpha value is -3.03. The van der Waals surface area contributed by atoms with Crippen molar-refractivity contribution in [1.82, 2.24) is 24.8 Å². The normalized spacial score (nSPS) is 16.5. The highest BCUT2D eigenvalue weighted by molar-refractivity contribution is 5.64. The SMILES string of the molecule is Cc1cc(-c2cnc(N)c(OCc3ccnc4c3CN(C)CC4)n2)cc2c1CCN(C)C2. The molecule has 0 unspecified atom stereocenters. The van der Waals surface area contributed by atoms with Crippen LogP contribution >= 0.6 is 0 Å². The highest BCUT2D eigenvalue weighted by atomic mass is 16.5. The molecule has 0 fully saturated rings. The maximum atomic E-state index is 6.12. The highest BCUT2D eigenvalue weighted by Gasteiger charge is 2.20. The highest BCUT2D eigenvalue weighted by Crippen LogP contribution is 2.30. The summed E-state index contributed by atoms with van der Waals surface area (Å²) in [6.45, 7) is 6.54. The van der Waals surface area contributed by atoms with Gasteiger partial charge in [0.15, 0.2) is 5.82 Å². The molecule has 3 aromatic rings. The monoisotopic (exact) mass is 430 g/mol. The zero-order valence-electron chi connectivity index (χ0n) is 19.1. The zero-order valence-corrected chi connectivity index (χ0v) is 19.1. The molecular formula is C25H30N6O. The van der Waals surface area contributed by atoms with Gasteiger partial charge in [0.1, 0.15) is 6.61 Å². The number of likely N-dealkylation sites (N-methyl/N-ethyl adjacent to an activating group) is 2. The number of hydrogen-bond acceptors (Lipinski definition) is 7. The Morgan fingerprint density at radius 3 is 2.72 bits per heavy atom. The molecule has 2 aliphatic rings. The van der Waals surface area contributed by atoms with E-state index >= 15 is 0 Å². The van der Waals surface area contributed by atoms with Crippen LogP contribution in [0.4, 0.5) is 5.82 Å². The Morgan fingerprint density at radius 1 is 1.03 bits per heavy atom. The van der Waals surface area contributed by atoms with Gasteiger partial charge in [-0.1, -0.05) is 0 Å². The number of aryl methyl sites for hydroxylation is 1. The second-order valence-corrected chi connectivity index (χ2v) is 9.04. The van der Waals surface area contributed by atoms with Crippen molar-refractivity contribution in [1.29, 1.82) is 0 Å². The minimum atomic E-state index is 0.309.